The summed E-state index contributed by atoms with van der Waals surface area (Å²) in [6.45, 7) is 2.49. The minimum Gasteiger partial charge on any atom is -0.489 e. The van der Waals surface area contributed by atoms with Crippen molar-refractivity contribution >= 4 is 0 Å². The molecule has 1 fully saturated rings. The third-order valence-corrected chi connectivity index (χ3v) is 5.93. The molecule has 1 saturated carbocycles. The van der Waals surface area contributed by atoms with Gasteiger partial charge in [-0.15, -0.1) is 0 Å². The van der Waals surface area contributed by atoms with E-state index >= 15 is 0 Å². The van der Waals surface area contributed by atoms with Crippen LogP contribution in [-0.4, -0.2) is 24.7 Å². The summed E-state index contributed by atoms with van der Waals surface area (Å²) in [5.41, 5.74) is 3.10. The molecule has 7 nitrogen and oxygen atoms in total. The van der Waals surface area contributed by atoms with Crippen molar-refractivity contribution in [1.82, 2.24) is 24.7 Å². The number of benzene rings is 1. The van der Waals surface area contributed by atoms with Gasteiger partial charge in [0.1, 0.15) is 17.9 Å². The lowest BCUT2D eigenvalue weighted by Gasteiger charge is -2.14. The second-order valence-electron chi connectivity index (χ2n) is 7.98. The van der Waals surface area contributed by atoms with Gasteiger partial charge in [0.25, 0.3) is 5.56 Å². The van der Waals surface area contributed by atoms with E-state index in [0.29, 0.717) is 35.6 Å². The smallest absolute Gasteiger partial charge is 0.284 e. The monoisotopic (exact) mass is 415 g/mol. The molecule has 1 N–H and O–H groups in total. The third-order valence-electron chi connectivity index (χ3n) is 5.93. The Morgan fingerprint density at radius 3 is 2.71 bits per heavy atom. The van der Waals surface area contributed by atoms with E-state index in [4.69, 9.17) is 9.72 Å². The van der Waals surface area contributed by atoms with Crippen LogP contribution in [0.25, 0.3) is 22.8 Å². The lowest BCUT2D eigenvalue weighted by Crippen LogP contribution is -2.17. The van der Waals surface area contributed by atoms with Gasteiger partial charge >= 0.3 is 0 Å². The highest BCUT2D eigenvalue weighted by atomic mass is 16.5. The Bertz CT molecular complexity index is 1210. The number of nitrogens with one attached hydrogen (secondary N) is 1. The van der Waals surface area contributed by atoms with Crippen molar-refractivity contribution in [3.05, 3.63) is 70.4 Å². The van der Waals surface area contributed by atoms with Gasteiger partial charge < -0.3 is 4.74 Å². The highest BCUT2D eigenvalue weighted by Gasteiger charge is 2.27. The third kappa shape index (κ3) is 3.83. The number of aryl methyl sites for hydroxylation is 1. The molecule has 3 heterocycles. The van der Waals surface area contributed by atoms with E-state index in [1.807, 2.05) is 43.3 Å². The maximum Gasteiger partial charge on any atom is 0.284 e. The van der Waals surface area contributed by atoms with E-state index in [1.165, 1.54) is 12.8 Å². The predicted octanol–water partition coefficient (Wildman–Crippen LogP) is 4.39. The molecule has 0 radical (unpaired) electrons. The molecular weight excluding hydrogens is 390 g/mol. The second-order valence-corrected chi connectivity index (χ2v) is 7.98. The van der Waals surface area contributed by atoms with Crippen molar-refractivity contribution in [3.8, 4) is 28.5 Å². The van der Waals surface area contributed by atoms with Crippen LogP contribution in [0.4, 0.5) is 0 Å². The summed E-state index contributed by atoms with van der Waals surface area (Å²) in [6, 6.07) is 11.8. The maximum absolute atomic E-state index is 13.0. The molecule has 0 spiro atoms. The molecule has 5 rings (SSSR count). The van der Waals surface area contributed by atoms with Gasteiger partial charge in [0, 0.05) is 23.7 Å². The Labute approximate surface area is 180 Å². The SMILES string of the molecule is CCc1[nH]n(C2CCCC2)c2nc(-c3cccc(OCc4ccncc4)c3)nc(=O)c1-2. The molecule has 0 bridgehead atoms. The van der Waals surface area contributed by atoms with Crippen LogP contribution in [0.1, 0.15) is 49.9 Å². The first-order valence-electron chi connectivity index (χ1n) is 10.9. The molecule has 31 heavy (non-hydrogen) atoms. The van der Waals surface area contributed by atoms with Gasteiger partial charge in [-0.05, 0) is 49.1 Å². The van der Waals surface area contributed by atoms with E-state index in [9.17, 15) is 4.79 Å². The minimum atomic E-state index is -0.229. The van der Waals surface area contributed by atoms with Crippen molar-refractivity contribution in [2.45, 2.75) is 51.7 Å². The standard InChI is InChI=1S/C24H25N5O2/c1-2-20-21-23(29(28-20)18-7-3-4-8-18)26-22(27-24(21)30)17-6-5-9-19(14-17)31-15-16-10-12-25-13-11-16/h5-6,9-14,18,28H,2-4,7-8,15H2,1H3. The Morgan fingerprint density at radius 1 is 1.13 bits per heavy atom. The average molecular weight is 415 g/mol. The van der Waals surface area contributed by atoms with E-state index in [0.717, 1.165) is 36.1 Å². The molecule has 158 valence electrons. The Morgan fingerprint density at radius 2 is 1.94 bits per heavy atom. The van der Waals surface area contributed by atoms with Gasteiger partial charge in [0.2, 0.25) is 0 Å². The lowest BCUT2D eigenvalue weighted by atomic mass is 10.1. The van der Waals surface area contributed by atoms with Crippen LogP contribution in [-0.2, 0) is 13.0 Å². The van der Waals surface area contributed by atoms with Crippen molar-refractivity contribution in [2.75, 3.05) is 0 Å². The lowest BCUT2D eigenvalue weighted by molar-refractivity contribution is 0.306. The molecule has 7 heteroatoms. The number of hydrogen-bond donors (Lipinski definition) is 1. The zero-order valence-corrected chi connectivity index (χ0v) is 17.5. The minimum absolute atomic E-state index is 0.229. The van der Waals surface area contributed by atoms with Gasteiger partial charge in [-0.1, -0.05) is 31.9 Å². The van der Waals surface area contributed by atoms with Gasteiger partial charge in [0.15, 0.2) is 11.6 Å². The fraction of sp³-hybridized carbons (Fsp3) is 0.333. The largest absolute Gasteiger partial charge is 0.489 e. The van der Waals surface area contributed by atoms with Crippen LogP contribution < -0.4 is 10.3 Å². The van der Waals surface area contributed by atoms with Crippen molar-refractivity contribution in [2.24, 2.45) is 0 Å². The van der Waals surface area contributed by atoms with Crippen molar-refractivity contribution in [3.63, 3.8) is 0 Å². The normalized spacial score (nSPS) is 14.4. The molecule has 2 aromatic rings. The maximum atomic E-state index is 13.0. The second kappa shape index (κ2) is 8.34. The first-order valence-corrected chi connectivity index (χ1v) is 10.9. The average Bonchev–Trinajstić information content (AvgIpc) is 3.46. The summed E-state index contributed by atoms with van der Waals surface area (Å²) >= 11 is 0. The molecule has 1 aliphatic carbocycles. The molecule has 0 unspecified atom stereocenters. The fourth-order valence-corrected chi connectivity index (χ4v) is 4.30. The molecule has 2 aliphatic heterocycles. The molecule has 3 aliphatic rings. The van der Waals surface area contributed by atoms with Crippen LogP contribution in [0.5, 0.6) is 5.75 Å². The summed E-state index contributed by atoms with van der Waals surface area (Å²) in [7, 11) is 0. The topological polar surface area (TPSA) is 85.7 Å². The number of rotatable bonds is 6. The fourth-order valence-electron chi connectivity index (χ4n) is 4.30. The molecular formula is C24H25N5O2. The zero-order valence-electron chi connectivity index (χ0n) is 17.5. The summed E-state index contributed by atoms with van der Waals surface area (Å²) < 4.78 is 8.02. The molecule has 1 aromatic carbocycles. The number of hydrogen-bond acceptors (Lipinski definition) is 5. The quantitative estimate of drug-likeness (QED) is 0.505. The number of aromatic nitrogens is 5. The van der Waals surface area contributed by atoms with Crippen molar-refractivity contribution < 1.29 is 4.74 Å². The summed E-state index contributed by atoms with van der Waals surface area (Å²) in [4.78, 5) is 26.1. The van der Waals surface area contributed by atoms with E-state index in [2.05, 4.69) is 19.7 Å². The highest BCUT2D eigenvalue weighted by molar-refractivity contribution is 5.65. The first-order chi connectivity index (χ1) is 15.2. The summed E-state index contributed by atoms with van der Waals surface area (Å²) in [6.07, 6.45) is 8.86. The van der Waals surface area contributed by atoms with Crippen LogP contribution in [0.2, 0.25) is 0 Å². The van der Waals surface area contributed by atoms with E-state index in [1.54, 1.807) is 12.4 Å². The number of H-pyrrole nitrogens is 1. The van der Waals surface area contributed by atoms with E-state index in [-0.39, 0.29) is 5.56 Å². The molecule has 0 amide bonds. The highest BCUT2D eigenvalue weighted by Crippen LogP contribution is 2.34. The summed E-state index contributed by atoms with van der Waals surface area (Å²) in [5, 5.41) is 3.44. The Hall–Kier alpha value is -3.48. The van der Waals surface area contributed by atoms with E-state index < -0.39 is 0 Å². The van der Waals surface area contributed by atoms with Crippen LogP contribution >= 0.6 is 0 Å². The van der Waals surface area contributed by atoms with Crippen molar-refractivity contribution in [1.29, 1.82) is 0 Å². The number of aromatic amines is 1. The predicted molar refractivity (Wildman–Crippen MR) is 118 cm³/mol. The van der Waals surface area contributed by atoms with Gasteiger partial charge in [-0.2, -0.15) is 4.98 Å². The van der Waals surface area contributed by atoms with Gasteiger partial charge in [0.05, 0.1) is 6.04 Å². The number of pyridine rings is 1. The van der Waals surface area contributed by atoms with Crippen LogP contribution in [0, 0.1) is 0 Å². The van der Waals surface area contributed by atoms with Crippen LogP contribution in [0.3, 0.4) is 0 Å². The Balaban J connectivity index is 1.50. The Kier molecular flexibility index (Phi) is 5.24. The number of fused-ring (bicyclic) bond motifs is 1. The number of ether oxygens (including phenoxy) is 1. The molecule has 0 atom stereocenters. The van der Waals surface area contributed by atoms with Crippen LogP contribution in [0.15, 0.2) is 53.6 Å². The summed E-state index contributed by atoms with van der Waals surface area (Å²) in [5.74, 6) is 1.85. The van der Waals surface area contributed by atoms with Gasteiger partial charge in [-0.3, -0.25) is 19.6 Å². The van der Waals surface area contributed by atoms with Gasteiger partial charge in [-0.25, -0.2) is 4.98 Å². The molecule has 1 aromatic heterocycles. The number of nitrogens with zero attached hydrogens (tertiary/aromatic N) is 4. The first kappa shape index (κ1) is 19.5. The molecule has 0 saturated heterocycles. The zero-order chi connectivity index (χ0) is 21.2.